The maximum atomic E-state index is 6.39. The lowest BCUT2D eigenvalue weighted by atomic mass is 10.0. The van der Waals surface area contributed by atoms with Gasteiger partial charge in [0.25, 0.3) is 0 Å². The fourth-order valence-electron chi connectivity index (χ4n) is 2.83. The molecule has 4 nitrogen and oxygen atoms in total. The third-order valence-electron chi connectivity index (χ3n) is 4.22. The summed E-state index contributed by atoms with van der Waals surface area (Å²) in [6, 6.07) is 6.39. The summed E-state index contributed by atoms with van der Waals surface area (Å²) in [7, 11) is 3.84. The third-order valence-corrected chi connectivity index (χ3v) is 4.55. The van der Waals surface area contributed by atoms with Crippen LogP contribution in [0.4, 0.5) is 0 Å². The fraction of sp³-hybridized carbons (Fsp3) is 0.600. The summed E-state index contributed by atoms with van der Waals surface area (Å²) in [6.45, 7) is 5.81. The number of nitrogens with zero attached hydrogens (tertiary/aromatic N) is 2. The van der Waals surface area contributed by atoms with Crippen LogP contribution in [0.2, 0.25) is 5.02 Å². The zero-order valence-corrected chi connectivity index (χ0v) is 13.2. The lowest BCUT2D eigenvalue weighted by Crippen LogP contribution is -2.52. The van der Waals surface area contributed by atoms with E-state index in [0.717, 1.165) is 36.0 Å². The molecule has 1 heterocycles. The molecule has 1 saturated heterocycles. The number of methoxy groups -OCH3 is 1. The Bertz CT molecular complexity index is 455. The van der Waals surface area contributed by atoms with E-state index in [-0.39, 0.29) is 6.04 Å². The number of hydrogen-bond acceptors (Lipinski definition) is 4. The number of piperazine rings is 1. The first-order valence-corrected chi connectivity index (χ1v) is 7.43. The van der Waals surface area contributed by atoms with Crippen LogP contribution in [0, 0.1) is 0 Å². The van der Waals surface area contributed by atoms with E-state index >= 15 is 0 Å². The van der Waals surface area contributed by atoms with Gasteiger partial charge in [-0.15, -0.1) is 0 Å². The molecule has 2 rings (SSSR count). The molecule has 112 valence electrons. The van der Waals surface area contributed by atoms with Crippen molar-refractivity contribution >= 4 is 11.6 Å². The molecule has 20 heavy (non-hydrogen) atoms. The molecular weight excluding hydrogens is 274 g/mol. The second kappa shape index (κ2) is 6.76. The summed E-state index contributed by atoms with van der Waals surface area (Å²) in [5, 5.41) is 0.728. The molecule has 0 saturated carbocycles. The van der Waals surface area contributed by atoms with Crippen LogP contribution >= 0.6 is 11.6 Å². The number of benzene rings is 1. The largest absolute Gasteiger partial charge is 0.496 e. The van der Waals surface area contributed by atoms with Gasteiger partial charge in [0.05, 0.1) is 13.2 Å². The van der Waals surface area contributed by atoms with Crippen molar-refractivity contribution < 1.29 is 4.74 Å². The zero-order chi connectivity index (χ0) is 14.7. The molecule has 0 amide bonds. The molecule has 1 aliphatic rings. The maximum absolute atomic E-state index is 6.39. The van der Waals surface area contributed by atoms with Gasteiger partial charge in [0, 0.05) is 42.8 Å². The second-order valence-corrected chi connectivity index (χ2v) is 5.84. The van der Waals surface area contributed by atoms with Crippen molar-refractivity contribution in [3.8, 4) is 5.75 Å². The van der Waals surface area contributed by atoms with Gasteiger partial charge in [-0.3, -0.25) is 4.90 Å². The highest BCUT2D eigenvalue weighted by atomic mass is 35.5. The van der Waals surface area contributed by atoms with E-state index in [1.165, 1.54) is 0 Å². The van der Waals surface area contributed by atoms with Gasteiger partial charge in [-0.2, -0.15) is 0 Å². The van der Waals surface area contributed by atoms with Crippen molar-refractivity contribution in [2.45, 2.75) is 19.0 Å². The van der Waals surface area contributed by atoms with Gasteiger partial charge in [-0.05, 0) is 26.1 Å². The average molecular weight is 298 g/mol. The minimum atomic E-state index is 0.106. The van der Waals surface area contributed by atoms with E-state index in [0.29, 0.717) is 12.6 Å². The molecule has 2 unspecified atom stereocenters. The summed E-state index contributed by atoms with van der Waals surface area (Å²) in [5.74, 6) is 0.819. The van der Waals surface area contributed by atoms with Gasteiger partial charge >= 0.3 is 0 Å². The number of ether oxygens (including phenoxy) is 1. The zero-order valence-electron chi connectivity index (χ0n) is 12.5. The molecule has 1 aliphatic heterocycles. The predicted molar refractivity (Wildman–Crippen MR) is 83.5 cm³/mol. The summed E-state index contributed by atoms with van der Waals surface area (Å²) < 4.78 is 5.47. The topological polar surface area (TPSA) is 41.7 Å². The number of nitrogens with two attached hydrogens (primary N) is 1. The summed E-state index contributed by atoms with van der Waals surface area (Å²) >= 11 is 6.39. The Hall–Kier alpha value is -0.810. The Kier molecular flexibility index (Phi) is 5.27. The first kappa shape index (κ1) is 15.6. The molecule has 1 aromatic rings. The minimum absolute atomic E-state index is 0.106. The quantitative estimate of drug-likeness (QED) is 0.923. The Morgan fingerprint density at radius 2 is 2.20 bits per heavy atom. The molecular formula is C15H24ClN3O. The first-order valence-electron chi connectivity index (χ1n) is 7.05. The lowest BCUT2D eigenvalue weighted by Gasteiger charge is -2.42. The highest BCUT2D eigenvalue weighted by Gasteiger charge is 2.29. The Morgan fingerprint density at radius 1 is 1.45 bits per heavy atom. The van der Waals surface area contributed by atoms with Crippen LogP contribution in [-0.2, 0) is 0 Å². The van der Waals surface area contributed by atoms with Gasteiger partial charge in [-0.1, -0.05) is 17.7 Å². The Balaban J connectivity index is 2.29. The van der Waals surface area contributed by atoms with Crippen LogP contribution < -0.4 is 10.5 Å². The normalized spacial score (nSPS) is 22.8. The Morgan fingerprint density at radius 3 is 2.80 bits per heavy atom. The number of halogens is 1. The minimum Gasteiger partial charge on any atom is -0.496 e. The van der Waals surface area contributed by atoms with Crippen LogP contribution in [0.5, 0.6) is 5.75 Å². The van der Waals surface area contributed by atoms with Crippen LogP contribution in [-0.4, -0.2) is 56.2 Å². The van der Waals surface area contributed by atoms with Crippen molar-refractivity contribution in [3.63, 3.8) is 0 Å². The van der Waals surface area contributed by atoms with E-state index in [2.05, 4.69) is 23.8 Å². The number of rotatable bonds is 4. The maximum Gasteiger partial charge on any atom is 0.125 e. The molecule has 0 radical (unpaired) electrons. The molecule has 1 aromatic carbocycles. The van der Waals surface area contributed by atoms with Crippen LogP contribution in [0.15, 0.2) is 18.2 Å². The third kappa shape index (κ3) is 3.09. The van der Waals surface area contributed by atoms with Crippen molar-refractivity contribution in [2.75, 3.05) is 40.3 Å². The van der Waals surface area contributed by atoms with Gasteiger partial charge in [0.15, 0.2) is 0 Å². The van der Waals surface area contributed by atoms with Crippen molar-refractivity contribution in [2.24, 2.45) is 5.73 Å². The van der Waals surface area contributed by atoms with Crippen LogP contribution in [0.25, 0.3) is 0 Å². The van der Waals surface area contributed by atoms with Gasteiger partial charge in [-0.25, -0.2) is 0 Å². The standard InChI is InChI=1S/C15H24ClN3O/c1-11-10-19(8-7-18(11)2)13(9-17)15-12(16)5-4-6-14(15)20-3/h4-6,11,13H,7-10,17H2,1-3H3. The SMILES string of the molecule is COc1cccc(Cl)c1C(CN)N1CCN(C)C(C)C1. The highest BCUT2D eigenvalue weighted by molar-refractivity contribution is 6.31. The molecule has 0 aliphatic carbocycles. The summed E-state index contributed by atoms with van der Waals surface area (Å²) in [6.07, 6.45) is 0. The molecule has 5 heteroatoms. The van der Waals surface area contributed by atoms with E-state index in [9.17, 15) is 0 Å². The van der Waals surface area contributed by atoms with Crippen LogP contribution in [0.1, 0.15) is 18.5 Å². The van der Waals surface area contributed by atoms with E-state index < -0.39 is 0 Å². The van der Waals surface area contributed by atoms with E-state index in [1.807, 2.05) is 18.2 Å². The second-order valence-electron chi connectivity index (χ2n) is 5.43. The molecule has 2 N–H and O–H groups in total. The van der Waals surface area contributed by atoms with E-state index in [4.69, 9.17) is 22.1 Å². The predicted octanol–water partition coefficient (Wildman–Crippen LogP) is 1.98. The molecule has 2 atom stereocenters. The summed E-state index contributed by atoms with van der Waals surface area (Å²) in [5.41, 5.74) is 7.05. The Labute approximate surface area is 126 Å². The first-order chi connectivity index (χ1) is 9.58. The molecule has 0 bridgehead atoms. The van der Waals surface area contributed by atoms with Crippen LogP contribution in [0.3, 0.4) is 0 Å². The monoisotopic (exact) mass is 297 g/mol. The molecule has 0 spiro atoms. The summed E-state index contributed by atoms with van der Waals surface area (Å²) in [4.78, 5) is 4.78. The van der Waals surface area contributed by atoms with E-state index in [1.54, 1.807) is 7.11 Å². The smallest absolute Gasteiger partial charge is 0.125 e. The number of likely N-dealkylation sites (N-methyl/N-ethyl adjacent to an activating group) is 1. The average Bonchev–Trinajstić information content (AvgIpc) is 2.45. The van der Waals surface area contributed by atoms with Gasteiger partial charge < -0.3 is 15.4 Å². The lowest BCUT2D eigenvalue weighted by molar-refractivity contribution is 0.0733. The molecule has 1 fully saturated rings. The van der Waals surface area contributed by atoms with Gasteiger partial charge in [0.2, 0.25) is 0 Å². The van der Waals surface area contributed by atoms with Crippen molar-refractivity contribution in [1.82, 2.24) is 9.80 Å². The number of hydrogen-bond donors (Lipinski definition) is 1. The highest BCUT2D eigenvalue weighted by Crippen LogP contribution is 2.35. The van der Waals surface area contributed by atoms with Gasteiger partial charge in [0.1, 0.15) is 5.75 Å². The van der Waals surface area contributed by atoms with Crippen molar-refractivity contribution in [1.29, 1.82) is 0 Å². The fourth-order valence-corrected chi connectivity index (χ4v) is 3.12. The van der Waals surface area contributed by atoms with Crippen molar-refractivity contribution in [3.05, 3.63) is 28.8 Å². The molecule has 0 aromatic heterocycles.